The summed E-state index contributed by atoms with van der Waals surface area (Å²) in [5.74, 6) is 1.81. The summed E-state index contributed by atoms with van der Waals surface area (Å²) < 4.78 is 10.6. The van der Waals surface area contributed by atoms with E-state index in [1.165, 1.54) is 0 Å². The van der Waals surface area contributed by atoms with Crippen molar-refractivity contribution < 1.29 is 9.47 Å². The molecular weight excluding hydrogens is 250 g/mol. The first-order chi connectivity index (χ1) is 8.54. The molecule has 0 amide bonds. The second-order valence-corrected chi connectivity index (χ2v) is 4.92. The third-order valence-electron chi connectivity index (χ3n) is 2.93. The molecule has 0 aliphatic heterocycles. The monoisotopic (exact) mass is 271 g/mol. The van der Waals surface area contributed by atoms with E-state index < -0.39 is 0 Å². The van der Waals surface area contributed by atoms with Crippen LogP contribution in [0.5, 0.6) is 11.5 Å². The number of ether oxygens (including phenoxy) is 2. The Morgan fingerprint density at radius 2 is 1.72 bits per heavy atom. The second-order valence-electron chi connectivity index (χ2n) is 4.51. The highest BCUT2D eigenvalue weighted by Crippen LogP contribution is 2.37. The molecule has 0 saturated carbocycles. The van der Waals surface area contributed by atoms with Gasteiger partial charge in [-0.25, -0.2) is 0 Å². The van der Waals surface area contributed by atoms with E-state index in [0.29, 0.717) is 22.4 Å². The lowest BCUT2D eigenvalue weighted by molar-refractivity contribution is 0.352. The Kier molecular flexibility index (Phi) is 5.76. The minimum Gasteiger partial charge on any atom is -0.493 e. The fourth-order valence-electron chi connectivity index (χ4n) is 2.03. The summed E-state index contributed by atoms with van der Waals surface area (Å²) >= 11 is 6.34. The van der Waals surface area contributed by atoms with Gasteiger partial charge in [0.25, 0.3) is 0 Å². The fraction of sp³-hybridized carbons (Fsp3) is 0.571. The van der Waals surface area contributed by atoms with Crippen molar-refractivity contribution in [3.8, 4) is 11.5 Å². The Morgan fingerprint density at radius 3 is 2.17 bits per heavy atom. The maximum absolute atomic E-state index is 6.34. The number of hydrogen-bond donors (Lipinski definition) is 1. The molecule has 1 aromatic rings. The fourth-order valence-corrected chi connectivity index (χ4v) is 2.30. The molecule has 4 heteroatoms. The maximum Gasteiger partial charge on any atom is 0.162 e. The van der Waals surface area contributed by atoms with Gasteiger partial charge in [-0.1, -0.05) is 32.4 Å². The summed E-state index contributed by atoms with van der Waals surface area (Å²) in [5, 5.41) is 4.15. The van der Waals surface area contributed by atoms with Crippen LogP contribution in [0.3, 0.4) is 0 Å². The number of nitrogens with one attached hydrogen (secondary N) is 1. The lowest BCUT2D eigenvalue weighted by Crippen LogP contribution is -2.25. The average molecular weight is 272 g/mol. The van der Waals surface area contributed by atoms with E-state index in [-0.39, 0.29) is 6.04 Å². The smallest absolute Gasteiger partial charge is 0.162 e. The lowest BCUT2D eigenvalue weighted by atomic mass is 9.95. The summed E-state index contributed by atoms with van der Waals surface area (Å²) in [6.45, 7) is 7.32. The molecule has 0 fully saturated rings. The van der Waals surface area contributed by atoms with Gasteiger partial charge in [0, 0.05) is 17.1 Å². The summed E-state index contributed by atoms with van der Waals surface area (Å²) in [5.41, 5.74) is 1.05. The molecule has 18 heavy (non-hydrogen) atoms. The highest BCUT2D eigenvalue weighted by atomic mass is 35.5. The Labute approximate surface area is 114 Å². The lowest BCUT2D eigenvalue weighted by Gasteiger charge is -2.24. The third-order valence-corrected chi connectivity index (χ3v) is 3.26. The topological polar surface area (TPSA) is 30.5 Å². The Morgan fingerprint density at radius 1 is 1.17 bits per heavy atom. The second kappa shape index (κ2) is 6.86. The van der Waals surface area contributed by atoms with Crippen molar-refractivity contribution in [1.82, 2.24) is 5.32 Å². The molecule has 3 nitrogen and oxygen atoms in total. The molecule has 0 bridgehead atoms. The summed E-state index contributed by atoms with van der Waals surface area (Å²) in [4.78, 5) is 0. The van der Waals surface area contributed by atoms with E-state index in [0.717, 1.165) is 12.1 Å². The Bertz CT molecular complexity index is 394. The van der Waals surface area contributed by atoms with Crippen LogP contribution < -0.4 is 14.8 Å². The zero-order valence-corrected chi connectivity index (χ0v) is 12.5. The van der Waals surface area contributed by atoms with Gasteiger partial charge in [0.2, 0.25) is 0 Å². The molecule has 102 valence electrons. The van der Waals surface area contributed by atoms with Crippen LogP contribution >= 0.6 is 11.6 Å². The number of benzene rings is 1. The van der Waals surface area contributed by atoms with Crippen molar-refractivity contribution >= 4 is 11.6 Å². The van der Waals surface area contributed by atoms with E-state index in [4.69, 9.17) is 21.1 Å². The average Bonchev–Trinajstić information content (AvgIpc) is 2.35. The van der Waals surface area contributed by atoms with Crippen LogP contribution in [0, 0.1) is 5.92 Å². The normalized spacial score (nSPS) is 12.6. The van der Waals surface area contributed by atoms with Crippen LogP contribution in [0.4, 0.5) is 0 Å². The number of halogens is 1. The minimum absolute atomic E-state index is 0.210. The van der Waals surface area contributed by atoms with Crippen molar-refractivity contribution in [1.29, 1.82) is 0 Å². The molecular formula is C14H22ClNO2. The molecule has 0 heterocycles. The number of hydrogen-bond acceptors (Lipinski definition) is 3. The van der Waals surface area contributed by atoms with Crippen LogP contribution in [0.15, 0.2) is 12.1 Å². The molecule has 0 aliphatic rings. The number of rotatable bonds is 6. The first kappa shape index (κ1) is 15.1. The van der Waals surface area contributed by atoms with Gasteiger partial charge in [0.1, 0.15) is 0 Å². The van der Waals surface area contributed by atoms with Crippen molar-refractivity contribution in [2.75, 3.05) is 20.8 Å². The van der Waals surface area contributed by atoms with Gasteiger partial charge in [-0.05, 0) is 24.1 Å². The number of methoxy groups -OCH3 is 2. The van der Waals surface area contributed by atoms with Crippen LogP contribution in [0.1, 0.15) is 32.4 Å². The van der Waals surface area contributed by atoms with Gasteiger partial charge in [-0.3, -0.25) is 0 Å². The standard InChI is InChI=1S/C14H22ClNO2/c1-6-16-14(9(2)3)10-7-12(17-4)13(18-5)8-11(10)15/h7-9,14,16H,6H2,1-5H3. The first-order valence-electron chi connectivity index (χ1n) is 6.19. The highest BCUT2D eigenvalue weighted by Gasteiger charge is 2.20. The van der Waals surface area contributed by atoms with Crippen LogP contribution in [0.25, 0.3) is 0 Å². The van der Waals surface area contributed by atoms with Crippen LogP contribution in [-0.4, -0.2) is 20.8 Å². The van der Waals surface area contributed by atoms with E-state index in [2.05, 4.69) is 26.1 Å². The van der Waals surface area contributed by atoms with Gasteiger partial charge in [-0.2, -0.15) is 0 Å². The van der Waals surface area contributed by atoms with Gasteiger partial charge >= 0.3 is 0 Å². The van der Waals surface area contributed by atoms with E-state index in [1.54, 1.807) is 14.2 Å². The minimum atomic E-state index is 0.210. The molecule has 0 radical (unpaired) electrons. The third kappa shape index (κ3) is 3.30. The zero-order valence-electron chi connectivity index (χ0n) is 11.7. The molecule has 0 aromatic heterocycles. The molecule has 1 atom stereocenters. The molecule has 1 rings (SSSR count). The molecule has 1 unspecified atom stereocenters. The highest BCUT2D eigenvalue weighted by molar-refractivity contribution is 6.31. The van der Waals surface area contributed by atoms with E-state index in [1.807, 2.05) is 12.1 Å². The molecule has 0 saturated heterocycles. The Hall–Kier alpha value is -0.930. The van der Waals surface area contributed by atoms with Crippen LogP contribution in [0.2, 0.25) is 5.02 Å². The largest absolute Gasteiger partial charge is 0.493 e. The quantitative estimate of drug-likeness (QED) is 0.856. The summed E-state index contributed by atoms with van der Waals surface area (Å²) in [6, 6.07) is 3.97. The van der Waals surface area contributed by atoms with Crippen molar-refractivity contribution in [3.63, 3.8) is 0 Å². The maximum atomic E-state index is 6.34. The van der Waals surface area contributed by atoms with Gasteiger partial charge in [0.15, 0.2) is 11.5 Å². The summed E-state index contributed by atoms with van der Waals surface area (Å²) in [7, 11) is 3.24. The first-order valence-corrected chi connectivity index (χ1v) is 6.57. The van der Waals surface area contributed by atoms with Gasteiger partial charge in [0.05, 0.1) is 14.2 Å². The predicted octanol–water partition coefficient (Wildman–Crippen LogP) is 3.66. The molecule has 0 aliphatic carbocycles. The molecule has 1 N–H and O–H groups in total. The Balaban J connectivity index is 3.21. The molecule has 0 spiro atoms. The molecule has 1 aromatic carbocycles. The predicted molar refractivity (Wildman–Crippen MR) is 75.8 cm³/mol. The van der Waals surface area contributed by atoms with E-state index >= 15 is 0 Å². The van der Waals surface area contributed by atoms with Crippen molar-refractivity contribution in [3.05, 3.63) is 22.7 Å². The van der Waals surface area contributed by atoms with Crippen molar-refractivity contribution in [2.45, 2.75) is 26.8 Å². The van der Waals surface area contributed by atoms with Gasteiger partial charge in [-0.15, -0.1) is 0 Å². The van der Waals surface area contributed by atoms with Crippen molar-refractivity contribution in [2.24, 2.45) is 5.92 Å². The van der Waals surface area contributed by atoms with Gasteiger partial charge < -0.3 is 14.8 Å². The van der Waals surface area contributed by atoms with E-state index in [9.17, 15) is 0 Å². The SMILES string of the molecule is CCNC(c1cc(OC)c(OC)cc1Cl)C(C)C. The zero-order chi connectivity index (χ0) is 13.7. The van der Waals surface area contributed by atoms with Crippen LogP contribution in [-0.2, 0) is 0 Å². The summed E-state index contributed by atoms with van der Waals surface area (Å²) in [6.07, 6.45) is 0.